The van der Waals surface area contributed by atoms with Crippen LogP contribution in [0.4, 0.5) is 5.95 Å². The van der Waals surface area contributed by atoms with Gasteiger partial charge in [0.05, 0.1) is 0 Å². The van der Waals surface area contributed by atoms with Crippen molar-refractivity contribution in [1.29, 1.82) is 0 Å². The van der Waals surface area contributed by atoms with Crippen LogP contribution in [0.15, 0.2) is 35.4 Å². The molecule has 10 heteroatoms. The number of hydrogen-bond acceptors (Lipinski definition) is 8. The van der Waals surface area contributed by atoms with Crippen LogP contribution < -0.4 is 5.73 Å². The van der Waals surface area contributed by atoms with Crippen molar-refractivity contribution in [1.82, 2.24) is 39.3 Å². The third-order valence-electron chi connectivity index (χ3n) is 2.20. The topological polar surface area (TPSA) is 113 Å². The van der Waals surface area contributed by atoms with Gasteiger partial charge >= 0.3 is 0 Å². The molecule has 0 fully saturated rings. The lowest BCUT2D eigenvalue weighted by molar-refractivity contribution is 0.754. The zero-order chi connectivity index (χ0) is 13.2. The molecule has 9 nitrogen and oxygen atoms in total. The van der Waals surface area contributed by atoms with Gasteiger partial charge in [0.25, 0.3) is 5.95 Å². The Morgan fingerprint density at radius 3 is 2.84 bits per heavy atom. The summed E-state index contributed by atoms with van der Waals surface area (Å²) in [5.74, 6) is 0.443. The monoisotopic (exact) mass is 275 g/mol. The highest BCUT2D eigenvalue weighted by Gasteiger charge is 2.10. The summed E-state index contributed by atoms with van der Waals surface area (Å²) in [6, 6.07) is 0. The number of rotatable bonds is 3. The number of anilines is 1. The predicted octanol–water partition coefficient (Wildman–Crippen LogP) is -0.0808. The number of imidazole rings is 1. The summed E-state index contributed by atoms with van der Waals surface area (Å²) in [5, 5.41) is 5.16. The van der Waals surface area contributed by atoms with Gasteiger partial charge < -0.3 is 10.3 Å². The Morgan fingerprint density at radius 2 is 2.16 bits per heavy atom. The highest BCUT2D eigenvalue weighted by molar-refractivity contribution is 7.99. The van der Waals surface area contributed by atoms with Crippen LogP contribution in [0, 0.1) is 0 Å². The van der Waals surface area contributed by atoms with Crippen molar-refractivity contribution >= 4 is 17.7 Å². The lowest BCUT2D eigenvalue weighted by Crippen LogP contribution is -2.07. The van der Waals surface area contributed by atoms with Crippen LogP contribution in [0.3, 0.4) is 0 Å². The maximum absolute atomic E-state index is 5.67. The summed E-state index contributed by atoms with van der Waals surface area (Å²) in [4.78, 5) is 20.3. The van der Waals surface area contributed by atoms with E-state index in [0.717, 1.165) is 5.16 Å². The fourth-order valence-corrected chi connectivity index (χ4v) is 2.10. The maximum atomic E-state index is 5.67. The molecule has 0 aromatic carbocycles. The second kappa shape index (κ2) is 4.65. The molecular weight excluding hydrogens is 266 g/mol. The Kier molecular flexibility index (Phi) is 2.83. The average Bonchev–Trinajstić information content (AvgIpc) is 3.01. The van der Waals surface area contributed by atoms with E-state index in [0.29, 0.717) is 11.1 Å². The van der Waals surface area contributed by atoms with Crippen LogP contribution >= 0.6 is 11.8 Å². The molecule has 0 radical (unpaired) electrons. The van der Waals surface area contributed by atoms with E-state index in [4.69, 9.17) is 5.73 Å². The van der Waals surface area contributed by atoms with Crippen molar-refractivity contribution in [2.45, 2.75) is 10.3 Å². The summed E-state index contributed by atoms with van der Waals surface area (Å²) >= 11 is 1.29. The van der Waals surface area contributed by atoms with Crippen molar-refractivity contribution in [3.63, 3.8) is 0 Å². The second-order valence-corrected chi connectivity index (χ2v) is 4.47. The fraction of sp³-hybridized carbons (Fsp3) is 0.111. The zero-order valence-corrected chi connectivity index (χ0v) is 10.7. The Balaban J connectivity index is 1.96. The Morgan fingerprint density at radius 1 is 1.26 bits per heavy atom. The second-order valence-electron chi connectivity index (χ2n) is 3.54. The van der Waals surface area contributed by atoms with Gasteiger partial charge in [-0.15, -0.1) is 0 Å². The van der Waals surface area contributed by atoms with Gasteiger partial charge in [0.2, 0.25) is 11.1 Å². The van der Waals surface area contributed by atoms with E-state index < -0.39 is 0 Å². The Hall–Kier alpha value is -2.49. The number of hydrogen-bond donors (Lipinski definition) is 1. The van der Waals surface area contributed by atoms with Crippen molar-refractivity contribution in [2.75, 3.05) is 5.73 Å². The average molecular weight is 275 g/mol. The molecule has 0 aliphatic rings. The van der Waals surface area contributed by atoms with E-state index in [9.17, 15) is 0 Å². The standard InChI is InChI=1S/C9H9N9S/c1-17-3-2-12-9(17)19-8-15-6(10)14-7(16-8)18-5-11-4-13-18/h2-5H,1H3,(H2,10,14,15,16). The summed E-state index contributed by atoms with van der Waals surface area (Å²) in [6.45, 7) is 0. The number of nitrogens with zero attached hydrogens (tertiary/aromatic N) is 8. The number of aryl methyl sites for hydroxylation is 1. The molecule has 0 aliphatic carbocycles. The third kappa shape index (κ3) is 2.38. The smallest absolute Gasteiger partial charge is 0.257 e. The summed E-state index contributed by atoms with van der Waals surface area (Å²) in [6.07, 6.45) is 6.42. The first-order valence-corrected chi connectivity index (χ1v) is 6.06. The normalized spacial score (nSPS) is 10.8. The van der Waals surface area contributed by atoms with Gasteiger partial charge in [-0.25, -0.2) is 9.97 Å². The molecule has 0 saturated heterocycles. The molecule has 3 heterocycles. The fourth-order valence-electron chi connectivity index (χ4n) is 1.35. The summed E-state index contributed by atoms with van der Waals surface area (Å²) in [7, 11) is 1.89. The molecule has 0 bridgehead atoms. The zero-order valence-electron chi connectivity index (χ0n) is 9.87. The summed E-state index contributed by atoms with van der Waals surface area (Å²) < 4.78 is 3.28. The number of nitrogens with two attached hydrogens (primary N) is 1. The molecule has 0 spiro atoms. The molecule has 0 unspecified atom stereocenters. The van der Waals surface area contributed by atoms with Crippen molar-refractivity contribution in [3.05, 3.63) is 25.0 Å². The molecule has 96 valence electrons. The van der Waals surface area contributed by atoms with Crippen molar-refractivity contribution < 1.29 is 0 Å². The van der Waals surface area contributed by atoms with E-state index in [1.165, 1.54) is 29.1 Å². The van der Waals surface area contributed by atoms with Crippen molar-refractivity contribution in [3.8, 4) is 5.95 Å². The lowest BCUT2D eigenvalue weighted by atomic mass is 10.9. The maximum Gasteiger partial charge on any atom is 0.257 e. The molecule has 0 saturated carbocycles. The molecule has 0 aliphatic heterocycles. The van der Waals surface area contributed by atoms with Gasteiger partial charge in [-0.2, -0.15) is 24.7 Å². The highest BCUT2D eigenvalue weighted by atomic mass is 32.2. The van der Waals surface area contributed by atoms with Crippen LogP contribution in [-0.4, -0.2) is 39.3 Å². The largest absolute Gasteiger partial charge is 0.368 e. The van der Waals surface area contributed by atoms with Gasteiger partial charge in [0.1, 0.15) is 12.7 Å². The minimum Gasteiger partial charge on any atom is -0.368 e. The SMILES string of the molecule is Cn1ccnc1Sc1nc(N)nc(-n2cncn2)n1. The van der Waals surface area contributed by atoms with Crippen LogP contribution in [-0.2, 0) is 7.05 Å². The lowest BCUT2D eigenvalue weighted by Gasteiger charge is -2.03. The highest BCUT2D eigenvalue weighted by Crippen LogP contribution is 2.22. The van der Waals surface area contributed by atoms with Crippen LogP contribution in [0.1, 0.15) is 0 Å². The van der Waals surface area contributed by atoms with E-state index in [1.807, 2.05) is 17.8 Å². The first-order chi connectivity index (χ1) is 9.22. The third-order valence-corrected chi connectivity index (χ3v) is 3.14. The quantitative estimate of drug-likeness (QED) is 0.706. The van der Waals surface area contributed by atoms with Gasteiger partial charge in [-0.05, 0) is 11.8 Å². The Labute approximate surface area is 111 Å². The van der Waals surface area contributed by atoms with Gasteiger partial charge in [0, 0.05) is 19.4 Å². The molecular formula is C9H9N9S. The van der Waals surface area contributed by atoms with E-state index >= 15 is 0 Å². The molecule has 3 rings (SSSR count). The molecule has 3 aromatic rings. The summed E-state index contributed by atoms with van der Waals surface area (Å²) in [5.41, 5.74) is 5.67. The minimum atomic E-state index is 0.122. The minimum absolute atomic E-state index is 0.122. The van der Waals surface area contributed by atoms with Crippen molar-refractivity contribution in [2.24, 2.45) is 7.05 Å². The van der Waals surface area contributed by atoms with Gasteiger partial charge in [-0.1, -0.05) is 0 Å². The first-order valence-electron chi connectivity index (χ1n) is 5.24. The van der Waals surface area contributed by atoms with Gasteiger partial charge in [0.15, 0.2) is 5.16 Å². The first kappa shape index (κ1) is 11.6. The number of nitrogen functional groups attached to an aromatic ring is 1. The molecule has 3 aromatic heterocycles. The van der Waals surface area contributed by atoms with E-state index in [2.05, 4.69) is 30.0 Å². The van der Waals surface area contributed by atoms with E-state index in [-0.39, 0.29) is 5.95 Å². The van der Waals surface area contributed by atoms with E-state index in [1.54, 1.807) is 6.20 Å². The number of aromatic nitrogens is 8. The van der Waals surface area contributed by atoms with Gasteiger partial charge in [-0.3, -0.25) is 0 Å². The molecule has 0 amide bonds. The Bertz CT molecular complexity index is 690. The molecule has 2 N–H and O–H groups in total. The molecule has 19 heavy (non-hydrogen) atoms. The predicted molar refractivity (Wildman–Crippen MR) is 66.5 cm³/mol. The van der Waals surface area contributed by atoms with Crippen LogP contribution in [0.5, 0.6) is 0 Å². The molecule has 0 atom stereocenters. The van der Waals surface area contributed by atoms with Crippen LogP contribution in [0.2, 0.25) is 0 Å². The van der Waals surface area contributed by atoms with Crippen LogP contribution in [0.25, 0.3) is 5.95 Å².